The molecule has 0 atom stereocenters. The summed E-state index contributed by atoms with van der Waals surface area (Å²) in [7, 11) is 1.69. The van der Waals surface area contributed by atoms with Crippen LogP contribution in [0, 0.1) is 0 Å². The zero-order valence-corrected chi connectivity index (χ0v) is 15.9. The summed E-state index contributed by atoms with van der Waals surface area (Å²) in [5.41, 5.74) is 2.21. The third kappa shape index (κ3) is 7.01. The smallest absolute Gasteiger partial charge is 0.170 e. The monoisotopic (exact) mass is 358 g/mol. The van der Waals surface area contributed by atoms with Crippen LogP contribution in [0.2, 0.25) is 0 Å². The molecule has 2 rings (SSSR count). The van der Waals surface area contributed by atoms with E-state index in [9.17, 15) is 0 Å². The van der Waals surface area contributed by atoms with Crippen molar-refractivity contribution in [1.29, 1.82) is 0 Å². The van der Waals surface area contributed by atoms with Gasteiger partial charge in [0.15, 0.2) is 5.11 Å². The first-order valence-corrected chi connectivity index (χ1v) is 8.92. The Bertz CT molecular complexity index is 672. The van der Waals surface area contributed by atoms with E-state index < -0.39 is 0 Å². The first-order valence-electron chi connectivity index (χ1n) is 8.51. The second-order valence-corrected chi connectivity index (χ2v) is 6.44. The molecule has 0 aliphatic rings. The molecule has 0 bridgehead atoms. The van der Waals surface area contributed by atoms with Gasteiger partial charge in [-0.1, -0.05) is 12.1 Å². The van der Waals surface area contributed by atoms with Crippen LogP contribution in [0.25, 0.3) is 0 Å². The Labute approximate surface area is 155 Å². The average molecular weight is 359 g/mol. The van der Waals surface area contributed by atoms with Gasteiger partial charge < -0.3 is 20.1 Å². The first-order chi connectivity index (χ1) is 12.1. The van der Waals surface area contributed by atoms with Crippen LogP contribution in [0.15, 0.2) is 48.5 Å². The molecule has 5 heteroatoms. The summed E-state index contributed by atoms with van der Waals surface area (Å²) in [6, 6.07) is 15.9. The lowest BCUT2D eigenvalue weighted by Crippen LogP contribution is -2.29. The summed E-state index contributed by atoms with van der Waals surface area (Å²) in [5.74, 6) is 1.75. The van der Waals surface area contributed by atoms with E-state index in [-0.39, 0.29) is 6.10 Å². The molecule has 134 valence electrons. The third-order valence-electron chi connectivity index (χ3n) is 3.55. The standard InChI is InChI=1S/C20H26N2O2S/c1-15(2)24-18-11-9-17(10-12-18)22-20(25)21-13-5-7-16-6-4-8-19(14-16)23-3/h4,6,8-12,14-15H,5,7,13H2,1-3H3,(H2,21,22,25). The van der Waals surface area contributed by atoms with Gasteiger partial charge in [0.05, 0.1) is 13.2 Å². The van der Waals surface area contributed by atoms with Gasteiger partial charge in [-0.2, -0.15) is 0 Å². The summed E-state index contributed by atoms with van der Waals surface area (Å²) >= 11 is 5.33. The minimum Gasteiger partial charge on any atom is -0.497 e. The highest BCUT2D eigenvalue weighted by molar-refractivity contribution is 7.80. The van der Waals surface area contributed by atoms with Gasteiger partial charge >= 0.3 is 0 Å². The molecule has 0 fully saturated rings. The van der Waals surface area contributed by atoms with Crippen molar-refractivity contribution in [2.24, 2.45) is 0 Å². The number of benzene rings is 2. The van der Waals surface area contributed by atoms with Crippen molar-refractivity contribution in [2.45, 2.75) is 32.8 Å². The molecule has 0 unspecified atom stereocenters. The highest BCUT2D eigenvalue weighted by atomic mass is 32.1. The van der Waals surface area contributed by atoms with Gasteiger partial charge in [0.2, 0.25) is 0 Å². The molecule has 0 saturated heterocycles. The van der Waals surface area contributed by atoms with Crippen LogP contribution in [0.4, 0.5) is 5.69 Å². The number of hydrogen-bond donors (Lipinski definition) is 2. The Balaban J connectivity index is 1.69. The fourth-order valence-corrected chi connectivity index (χ4v) is 2.61. The van der Waals surface area contributed by atoms with Gasteiger partial charge in [-0.15, -0.1) is 0 Å². The van der Waals surface area contributed by atoms with Gasteiger partial charge in [-0.05, 0) is 80.9 Å². The van der Waals surface area contributed by atoms with E-state index in [4.69, 9.17) is 21.7 Å². The van der Waals surface area contributed by atoms with Crippen LogP contribution < -0.4 is 20.1 Å². The second-order valence-electron chi connectivity index (χ2n) is 6.03. The van der Waals surface area contributed by atoms with Crippen molar-refractivity contribution in [3.05, 3.63) is 54.1 Å². The quantitative estimate of drug-likeness (QED) is 0.541. The van der Waals surface area contributed by atoms with Crippen LogP contribution in [0.1, 0.15) is 25.8 Å². The van der Waals surface area contributed by atoms with Gasteiger partial charge in [0, 0.05) is 12.2 Å². The Hall–Kier alpha value is -2.27. The largest absolute Gasteiger partial charge is 0.497 e. The van der Waals surface area contributed by atoms with Gasteiger partial charge in [-0.3, -0.25) is 0 Å². The number of rotatable bonds is 8. The molecule has 2 aromatic carbocycles. The van der Waals surface area contributed by atoms with Crippen molar-refractivity contribution < 1.29 is 9.47 Å². The Morgan fingerprint density at radius 3 is 2.52 bits per heavy atom. The van der Waals surface area contributed by atoms with Crippen molar-refractivity contribution >= 4 is 23.0 Å². The predicted molar refractivity (Wildman–Crippen MR) is 108 cm³/mol. The maximum atomic E-state index is 5.63. The maximum absolute atomic E-state index is 5.63. The summed E-state index contributed by atoms with van der Waals surface area (Å²) in [6.07, 6.45) is 2.15. The lowest BCUT2D eigenvalue weighted by Gasteiger charge is -2.12. The summed E-state index contributed by atoms with van der Waals surface area (Å²) < 4.78 is 10.9. The Kier molecular flexibility index (Phi) is 7.54. The molecule has 0 aromatic heterocycles. The molecule has 0 aliphatic carbocycles. The van der Waals surface area contributed by atoms with E-state index >= 15 is 0 Å². The van der Waals surface area contributed by atoms with Crippen molar-refractivity contribution in [3.8, 4) is 11.5 Å². The van der Waals surface area contributed by atoms with Crippen LogP contribution in [0.3, 0.4) is 0 Å². The highest BCUT2D eigenvalue weighted by Crippen LogP contribution is 2.17. The summed E-state index contributed by atoms with van der Waals surface area (Å²) in [4.78, 5) is 0. The van der Waals surface area contributed by atoms with E-state index in [1.807, 2.05) is 50.2 Å². The minimum atomic E-state index is 0.172. The molecule has 0 amide bonds. The lowest BCUT2D eigenvalue weighted by molar-refractivity contribution is 0.242. The SMILES string of the molecule is COc1cccc(CCCNC(=S)Nc2ccc(OC(C)C)cc2)c1. The molecular weight excluding hydrogens is 332 g/mol. The number of nitrogens with one attached hydrogen (secondary N) is 2. The molecule has 0 aliphatic heterocycles. The molecule has 0 spiro atoms. The lowest BCUT2D eigenvalue weighted by atomic mass is 10.1. The van der Waals surface area contributed by atoms with Gasteiger partial charge in [0.25, 0.3) is 0 Å². The van der Waals surface area contributed by atoms with Crippen LogP contribution in [-0.4, -0.2) is 24.9 Å². The predicted octanol–water partition coefficient (Wildman–Crippen LogP) is 4.40. The van der Waals surface area contributed by atoms with E-state index in [0.717, 1.165) is 36.6 Å². The zero-order chi connectivity index (χ0) is 18.1. The molecule has 25 heavy (non-hydrogen) atoms. The van der Waals surface area contributed by atoms with Crippen LogP contribution in [-0.2, 0) is 6.42 Å². The Morgan fingerprint density at radius 1 is 1.08 bits per heavy atom. The third-order valence-corrected chi connectivity index (χ3v) is 3.79. The summed E-state index contributed by atoms with van der Waals surface area (Å²) in [6.45, 7) is 4.84. The van der Waals surface area contributed by atoms with Crippen molar-refractivity contribution in [2.75, 3.05) is 19.0 Å². The zero-order valence-electron chi connectivity index (χ0n) is 15.0. The number of thiocarbonyl (C=S) groups is 1. The summed E-state index contributed by atoms with van der Waals surface area (Å²) in [5, 5.41) is 7.05. The van der Waals surface area contributed by atoms with E-state index in [0.29, 0.717) is 5.11 Å². The number of methoxy groups -OCH3 is 1. The molecule has 0 saturated carbocycles. The van der Waals surface area contributed by atoms with Crippen LogP contribution >= 0.6 is 12.2 Å². The number of hydrogen-bond acceptors (Lipinski definition) is 3. The van der Waals surface area contributed by atoms with Gasteiger partial charge in [0.1, 0.15) is 11.5 Å². The molecule has 2 N–H and O–H groups in total. The van der Waals surface area contributed by atoms with Gasteiger partial charge in [-0.25, -0.2) is 0 Å². The maximum Gasteiger partial charge on any atom is 0.170 e. The fraction of sp³-hybridized carbons (Fsp3) is 0.350. The molecule has 0 radical (unpaired) electrons. The first kappa shape index (κ1) is 19.1. The second kappa shape index (κ2) is 9.89. The number of ether oxygens (including phenoxy) is 2. The average Bonchev–Trinajstić information content (AvgIpc) is 2.60. The molecular formula is C20H26N2O2S. The number of aryl methyl sites for hydroxylation is 1. The minimum absolute atomic E-state index is 0.172. The fourth-order valence-electron chi connectivity index (χ4n) is 2.39. The molecule has 0 heterocycles. The Morgan fingerprint density at radius 2 is 1.84 bits per heavy atom. The normalized spacial score (nSPS) is 10.4. The van der Waals surface area contributed by atoms with Crippen molar-refractivity contribution in [3.63, 3.8) is 0 Å². The topological polar surface area (TPSA) is 42.5 Å². The molecule has 2 aromatic rings. The van der Waals surface area contributed by atoms with Crippen molar-refractivity contribution in [1.82, 2.24) is 5.32 Å². The number of anilines is 1. The van der Waals surface area contributed by atoms with Crippen LogP contribution in [0.5, 0.6) is 11.5 Å². The molecule has 4 nitrogen and oxygen atoms in total. The van der Waals surface area contributed by atoms with E-state index in [1.165, 1.54) is 5.56 Å². The van der Waals surface area contributed by atoms with E-state index in [1.54, 1.807) is 7.11 Å². The highest BCUT2D eigenvalue weighted by Gasteiger charge is 2.01. The van der Waals surface area contributed by atoms with E-state index in [2.05, 4.69) is 22.8 Å².